The molecule has 7 heteroatoms. The Bertz CT molecular complexity index is 584. The Labute approximate surface area is 143 Å². The Hall–Kier alpha value is -0.490. The van der Waals surface area contributed by atoms with Crippen molar-refractivity contribution in [2.24, 2.45) is 0 Å². The first-order valence-corrected chi connectivity index (χ1v) is 9.55. The van der Waals surface area contributed by atoms with Crippen LogP contribution in [0.3, 0.4) is 0 Å². The number of rotatable bonds is 8. The second kappa shape index (κ2) is 8.39. The van der Waals surface area contributed by atoms with E-state index in [9.17, 15) is 8.42 Å². The molecule has 0 aliphatic carbocycles. The molecular formula is C15H24Cl2N2O2S. The molecular weight excluding hydrogens is 343 g/mol. The van der Waals surface area contributed by atoms with Crippen LogP contribution in [-0.4, -0.2) is 26.3 Å². The van der Waals surface area contributed by atoms with Crippen molar-refractivity contribution < 1.29 is 8.42 Å². The normalized spacial score (nSPS) is 12.4. The van der Waals surface area contributed by atoms with E-state index < -0.39 is 14.8 Å². The van der Waals surface area contributed by atoms with Gasteiger partial charge < -0.3 is 5.32 Å². The van der Waals surface area contributed by atoms with E-state index in [-0.39, 0.29) is 0 Å². The van der Waals surface area contributed by atoms with Gasteiger partial charge in [0, 0.05) is 18.8 Å². The van der Waals surface area contributed by atoms with E-state index in [0.717, 1.165) is 31.5 Å². The topological polar surface area (TPSA) is 58.2 Å². The number of benzene rings is 1. The molecule has 0 heterocycles. The zero-order valence-electron chi connectivity index (χ0n) is 13.2. The van der Waals surface area contributed by atoms with Crippen molar-refractivity contribution in [1.82, 2.24) is 4.72 Å². The second-order valence-electron chi connectivity index (χ2n) is 6.13. The highest BCUT2D eigenvalue weighted by Gasteiger charge is 2.27. The Balaban J connectivity index is 2.17. The summed E-state index contributed by atoms with van der Waals surface area (Å²) in [5.41, 5.74) is 0.933. The molecule has 4 nitrogen and oxygen atoms in total. The van der Waals surface area contributed by atoms with E-state index in [0.29, 0.717) is 16.6 Å². The fourth-order valence-electron chi connectivity index (χ4n) is 1.69. The molecule has 1 rings (SSSR count). The third-order valence-electron chi connectivity index (χ3n) is 3.20. The van der Waals surface area contributed by atoms with E-state index in [2.05, 4.69) is 10.0 Å². The lowest BCUT2D eigenvalue weighted by atomic mass is 10.2. The van der Waals surface area contributed by atoms with Crippen LogP contribution in [0.4, 0.5) is 5.69 Å². The third-order valence-corrected chi connectivity index (χ3v) is 6.14. The fourth-order valence-corrected chi connectivity index (χ4v) is 2.83. The monoisotopic (exact) mass is 366 g/mol. The quantitative estimate of drug-likeness (QED) is 0.674. The summed E-state index contributed by atoms with van der Waals surface area (Å²) in [6, 6.07) is 5.43. The minimum absolute atomic E-state index is 0.479. The summed E-state index contributed by atoms with van der Waals surface area (Å²) in [6.07, 6.45) is 2.72. The summed E-state index contributed by atoms with van der Waals surface area (Å²) in [7, 11) is -3.24. The van der Waals surface area contributed by atoms with Crippen molar-refractivity contribution in [3.8, 4) is 0 Å². The van der Waals surface area contributed by atoms with Gasteiger partial charge >= 0.3 is 0 Å². The van der Waals surface area contributed by atoms with Gasteiger partial charge in [-0.1, -0.05) is 29.6 Å². The van der Waals surface area contributed by atoms with Gasteiger partial charge in [0.1, 0.15) is 0 Å². The smallest absolute Gasteiger partial charge is 0.216 e. The number of hydrogen-bond acceptors (Lipinski definition) is 3. The average molecular weight is 367 g/mol. The molecule has 0 amide bonds. The van der Waals surface area contributed by atoms with Gasteiger partial charge in [0.05, 0.1) is 14.8 Å². The van der Waals surface area contributed by atoms with E-state index in [4.69, 9.17) is 23.2 Å². The summed E-state index contributed by atoms with van der Waals surface area (Å²) >= 11 is 11.8. The van der Waals surface area contributed by atoms with Crippen LogP contribution in [-0.2, 0) is 10.0 Å². The Kier molecular flexibility index (Phi) is 7.46. The van der Waals surface area contributed by atoms with Crippen molar-refractivity contribution in [2.75, 3.05) is 18.4 Å². The van der Waals surface area contributed by atoms with Crippen LogP contribution in [0.1, 0.15) is 40.0 Å². The van der Waals surface area contributed by atoms with Crippen molar-refractivity contribution >= 4 is 38.9 Å². The summed E-state index contributed by atoms with van der Waals surface area (Å²) in [6.45, 7) is 6.36. The molecule has 2 N–H and O–H groups in total. The van der Waals surface area contributed by atoms with Crippen LogP contribution in [0.5, 0.6) is 0 Å². The van der Waals surface area contributed by atoms with Gasteiger partial charge in [-0.05, 0) is 51.8 Å². The SMILES string of the molecule is CC(C)(C)S(=O)(=O)NCCCCCNc1ccc(Cl)c(Cl)c1. The van der Waals surface area contributed by atoms with Crippen molar-refractivity contribution in [2.45, 2.75) is 44.8 Å². The van der Waals surface area contributed by atoms with Gasteiger partial charge in [0.25, 0.3) is 0 Å². The lowest BCUT2D eigenvalue weighted by Crippen LogP contribution is -2.39. The highest BCUT2D eigenvalue weighted by molar-refractivity contribution is 7.90. The second-order valence-corrected chi connectivity index (χ2v) is 9.46. The van der Waals surface area contributed by atoms with Gasteiger partial charge in [-0.3, -0.25) is 0 Å². The lowest BCUT2D eigenvalue weighted by molar-refractivity contribution is 0.540. The van der Waals surface area contributed by atoms with E-state index >= 15 is 0 Å². The minimum atomic E-state index is -3.24. The highest BCUT2D eigenvalue weighted by atomic mass is 35.5. The first kappa shape index (κ1) is 19.6. The van der Waals surface area contributed by atoms with Crippen LogP contribution >= 0.6 is 23.2 Å². The van der Waals surface area contributed by atoms with Gasteiger partial charge in [-0.25, -0.2) is 13.1 Å². The molecule has 126 valence electrons. The average Bonchev–Trinajstić information content (AvgIpc) is 2.40. The number of hydrogen-bond donors (Lipinski definition) is 2. The Morgan fingerprint density at radius 1 is 1.00 bits per heavy atom. The predicted molar refractivity (Wildman–Crippen MR) is 95.5 cm³/mol. The molecule has 0 unspecified atom stereocenters. The molecule has 0 fully saturated rings. The van der Waals surface area contributed by atoms with E-state index in [1.165, 1.54) is 0 Å². The van der Waals surface area contributed by atoms with Crippen molar-refractivity contribution in [3.05, 3.63) is 28.2 Å². The predicted octanol–water partition coefficient (Wildman–Crippen LogP) is 4.29. The van der Waals surface area contributed by atoms with Crippen molar-refractivity contribution in [1.29, 1.82) is 0 Å². The molecule has 0 radical (unpaired) electrons. The largest absolute Gasteiger partial charge is 0.385 e. The molecule has 0 atom stereocenters. The number of sulfonamides is 1. The maximum absolute atomic E-state index is 11.8. The molecule has 1 aromatic rings. The van der Waals surface area contributed by atoms with Gasteiger partial charge in [-0.2, -0.15) is 0 Å². The summed E-state index contributed by atoms with van der Waals surface area (Å²) < 4.78 is 25.6. The van der Waals surface area contributed by atoms with Gasteiger partial charge in [-0.15, -0.1) is 0 Å². The molecule has 0 saturated heterocycles. The van der Waals surface area contributed by atoms with E-state index in [1.807, 2.05) is 6.07 Å². The summed E-state index contributed by atoms with van der Waals surface area (Å²) in [4.78, 5) is 0. The number of nitrogens with one attached hydrogen (secondary N) is 2. The Morgan fingerprint density at radius 2 is 1.64 bits per heavy atom. The van der Waals surface area contributed by atoms with E-state index in [1.54, 1.807) is 32.9 Å². The molecule has 0 bridgehead atoms. The fraction of sp³-hybridized carbons (Fsp3) is 0.600. The molecule has 0 aliphatic heterocycles. The molecule has 22 heavy (non-hydrogen) atoms. The Morgan fingerprint density at radius 3 is 2.23 bits per heavy atom. The molecule has 0 aliphatic rings. The molecule has 0 spiro atoms. The van der Waals surface area contributed by atoms with Crippen molar-refractivity contribution in [3.63, 3.8) is 0 Å². The molecule has 1 aromatic carbocycles. The first-order chi connectivity index (χ1) is 10.1. The van der Waals surface area contributed by atoms with Crippen LogP contribution < -0.4 is 10.0 Å². The highest BCUT2D eigenvalue weighted by Crippen LogP contribution is 2.24. The number of halogens is 2. The zero-order chi connectivity index (χ0) is 16.8. The summed E-state index contributed by atoms with van der Waals surface area (Å²) in [5, 5.41) is 4.33. The minimum Gasteiger partial charge on any atom is -0.385 e. The lowest BCUT2D eigenvalue weighted by Gasteiger charge is -2.19. The van der Waals surface area contributed by atoms with Gasteiger partial charge in [0.2, 0.25) is 10.0 Å². The zero-order valence-corrected chi connectivity index (χ0v) is 15.6. The molecule has 0 aromatic heterocycles. The maximum Gasteiger partial charge on any atom is 0.216 e. The maximum atomic E-state index is 11.8. The summed E-state index contributed by atoms with van der Waals surface area (Å²) in [5.74, 6) is 0. The van der Waals surface area contributed by atoms with Crippen LogP contribution in [0.25, 0.3) is 0 Å². The standard InChI is InChI=1S/C15H24Cl2N2O2S/c1-15(2,3)22(20,21)19-10-6-4-5-9-18-12-7-8-13(16)14(17)11-12/h7-8,11,18-19H,4-6,9-10H2,1-3H3. The van der Waals surface area contributed by atoms with Crippen LogP contribution in [0, 0.1) is 0 Å². The van der Waals surface area contributed by atoms with Gasteiger partial charge in [0.15, 0.2) is 0 Å². The first-order valence-electron chi connectivity index (χ1n) is 7.31. The number of anilines is 1. The third kappa shape index (κ3) is 6.32. The van der Waals surface area contributed by atoms with Crippen LogP contribution in [0.15, 0.2) is 18.2 Å². The number of unbranched alkanes of at least 4 members (excludes halogenated alkanes) is 2. The van der Waals surface area contributed by atoms with Crippen LogP contribution in [0.2, 0.25) is 10.0 Å². The molecule has 0 saturated carbocycles.